The summed E-state index contributed by atoms with van der Waals surface area (Å²) in [4.78, 5) is 23.6. The second-order valence-electron chi connectivity index (χ2n) is 4.90. The molecule has 4 nitrogen and oxygen atoms in total. The van der Waals surface area contributed by atoms with Gasteiger partial charge in [-0.2, -0.15) is 0 Å². The van der Waals surface area contributed by atoms with Crippen LogP contribution in [0, 0.1) is 0 Å². The van der Waals surface area contributed by atoms with Crippen molar-refractivity contribution in [2.75, 3.05) is 6.61 Å². The van der Waals surface area contributed by atoms with E-state index >= 15 is 0 Å². The Morgan fingerprint density at radius 2 is 1.38 bits per heavy atom. The molecule has 0 spiro atoms. The van der Waals surface area contributed by atoms with Crippen molar-refractivity contribution in [3.05, 3.63) is 35.4 Å². The summed E-state index contributed by atoms with van der Waals surface area (Å²) in [5.74, 6) is -0.718. The molecule has 0 atom stereocenters. The number of rotatable bonds is 8. The minimum absolute atomic E-state index is 0.0303. The number of ether oxygens (including phenoxy) is 2. The van der Waals surface area contributed by atoms with Gasteiger partial charge in [-0.3, -0.25) is 0 Å². The predicted molar refractivity (Wildman–Crippen MR) is 81.4 cm³/mol. The van der Waals surface area contributed by atoms with Crippen molar-refractivity contribution in [2.45, 2.75) is 52.6 Å². The zero-order valence-corrected chi connectivity index (χ0v) is 13.1. The van der Waals surface area contributed by atoms with Crippen LogP contribution in [0.3, 0.4) is 0 Å². The van der Waals surface area contributed by atoms with Gasteiger partial charge in [0.05, 0.1) is 17.7 Å². The lowest BCUT2D eigenvalue weighted by atomic mass is 10.1. The van der Waals surface area contributed by atoms with Crippen LogP contribution in [0.2, 0.25) is 0 Å². The molecule has 1 aromatic carbocycles. The average Bonchev–Trinajstić information content (AvgIpc) is 2.48. The van der Waals surface area contributed by atoms with Gasteiger partial charge in [0.25, 0.3) is 0 Å². The van der Waals surface area contributed by atoms with E-state index in [0.29, 0.717) is 17.7 Å². The molecule has 116 valence electrons. The van der Waals surface area contributed by atoms with Crippen molar-refractivity contribution in [1.29, 1.82) is 0 Å². The summed E-state index contributed by atoms with van der Waals surface area (Å²) in [7, 11) is 0. The maximum atomic E-state index is 12.1. The Labute approximate surface area is 126 Å². The standard InChI is InChI=1S/C17H24O4/c1-4-7-15(8-5-2)21-17(19)14-11-9-13(10-12-14)16(18)20-6-3/h9-12,15H,4-8H2,1-3H3. The molecule has 0 unspecified atom stereocenters. The maximum absolute atomic E-state index is 12.1. The first-order chi connectivity index (χ1) is 10.1. The molecule has 0 aliphatic carbocycles. The fraction of sp³-hybridized carbons (Fsp3) is 0.529. The smallest absolute Gasteiger partial charge is 0.338 e. The van der Waals surface area contributed by atoms with Gasteiger partial charge < -0.3 is 9.47 Å². The van der Waals surface area contributed by atoms with Crippen molar-refractivity contribution in [3.8, 4) is 0 Å². The second-order valence-corrected chi connectivity index (χ2v) is 4.90. The Kier molecular flexibility index (Phi) is 7.51. The number of hydrogen-bond acceptors (Lipinski definition) is 4. The van der Waals surface area contributed by atoms with Gasteiger partial charge in [0.2, 0.25) is 0 Å². The molecule has 21 heavy (non-hydrogen) atoms. The van der Waals surface area contributed by atoms with Gasteiger partial charge in [0, 0.05) is 0 Å². The summed E-state index contributed by atoms with van der Waals surface area (Å²) < 4.78 is 10.4. The normalized spacial score (nSPS) is 10.5. The molecule has 1 aromatic rings. The van der Waals surface area contributed by atoms with E-state index in [0.717, 1.165) is 25.7 Å². The number of hydrogen-bond donors (Lipinski definition) is 0. The molecular formula is C17H24O4. The molecule has 0 N–H and O–H groups in total. The van der Waals surface area contributed by atoms with E-state index in [9.17, 15) is 9.59 Å². The van der Waals surface area contributed by atoms with Crippen LogP contribution in [-0.4, -0.2) is 24.6 Å². The molecule has 4 heteroatoms. The third-order valence-electron chi connectivity index (χ3n) is 3.13. The Balaban J connectivity index is 2.67. The van der Waals surface area contributed by atoms with E-state index in [2.05, 4.69) is 13.8 Å². The first-order valence-electron chi connectivity index (χ1n) is 7.60. The van der Waals surface area contributed by atoms with Gasteiger partial charge in [-0.05, 0) is 44.0 Å². The zero-order valence-electron chi connectivity index (χ0n) is 13.1. The summed E-state index contributed by atoms with van der Waals surface area (Å²) in [5, 5.41) is 0. The molecule has 0 aromatic heterocycles. The predicted octanol–water partition coefficient (Wildman–Crippen LogP) is 3.99. The van der Waals surface area contributed by atoms with E-state index < -0.39 is 0 Å². The first kappa shape index (κ1) is 17.2. The van der Waals surface area contributed by atoms with Crippen molar-refractivity contribution in [2.24, 2.45) is 0 Å². The summed E-state index contributed by atoms with van der Waals surface area (Å²) >= 11 is 0. The van der Waals surface area contributed by atoms with E-state index in [1.165, 1.54) is 0 Å². The summed E-state index contributed by atoms with van der Waals surface area (Å²) in [6.45, 7) is 6.23. The van der Waals surface area contributed by atoms with Crippen LogP contribution in [0.4, 0.5) is 0 Å². The van der Waals surface area contributed by atoms with Crippen LogP contribution < -0.4 is 0 Å². The number of carbonyl (C=O) groups is 2. The molecular weight excluding hydrogens is 268 g/mol. The van der Waals surface area contributed by atoms with Crippen LogP contribution in [0.1, 0.15) is 67.2 Å². The molecule has 0 radical (unpaired) electrons. The van der Waals surface area contributed by atoms with E-state index in [4.69, 9.17) is 9.47 Å². The fourth-order valence-electron chi connectivity index (χ4n) is 2.08. The Bertz CT molecular complexity index is 444. The molecule has 0 saturated carbocycles. The Morgan fingerprint density at radius 1 is 0.905 bits per heavy atom. The van der Waals surface area contributed by atoms with Crippen LogP contribution in [0.5, 0.6) is 0 Å². The second kappa shape index (κ2) is 9.16. The SMILES string of the molecule is CCCC(CCC)OC(=O)c1ccc(C(=O)OCC)cc1. The van der Waals surface area contributed by atoms with Crippen LogP contribution in [-0.2, 0) is 9.47 Å². The van der Waals surface area contributed by atoms with E-state index in [1.807, 2.05) is 0 Å². The number of esters is 2. The highest BCUT2D eigenvalue weighted by atomic mass is 16.5. The topological polar surface area (TPSA) is 52.6 Å². The maximum Gasteiger partial charge on any atom is 0.338 e. The van der Waals surface area contributed by atoms with Gasteiger partial charge in [-0.25, -0.2) is 9.59 Å². The molecule has 0 saturated heterocycles. The Morgan fingerprint density at radius 3 is 1.81 bits per heavy atom. The van der Waals surface area contributed by atoms with Crippen molar-refractivity contribution >= 4 is 11.9 Å². The average molecular weight is 292 g/mol. The molecule has 0 aliphatic rings. The van der Waals surface area contributed by atoms with Crippen LogP contribution >= 0.6 is 0 Å². The first-order valence-corrected chi connectivity index (χ1v) is 7.60. The summed E-state index contributed by atoms with van der Waals surface area (Å²) in [6.07, 6.45) is 3.69. The largest absolute Gasteiger partial charge is 0.462 e. The van der Waals surface area contributed by atoms with Crippen molar-refractivity contribution in [1.82, 2.24) is 0 Å². The van der Waals surface area contributed by atoms with Gasteiger partial charge in [-0.1, -0.05) is 26.7 Å². The Hall–Kier alpha value is -1.84. The van der Waals surface area contributed by atoms with Crippen LogP contribution in [0.15, 0.2) is 24.3 Å². The van der Waals surface area contributed by atoms with Gasteiger partial charge in [0.15, 0.2) is 0 Å². The van der Waals surface area contributed by atoms with E-state index in [1.54, 1.807) is 31.2 Å². The highest BCUT2D eigenvalue weighted by Crippen LogP contribution is 2.14. The molecule has 0 heterocycles. The minimum atomic E-state index is -0.382. The quantitative estimate of drug-likeness (QED) is 0.680. The lowest BCUT2D eigenvalue weighted by Crippen LogP contribution is -2.18. The zero-order chi connectivity index (χ0) is 15.7. The summed E-state index contributed by atoms with van der Waals surface area (Å²) in [6, 6.07) is 6.37. The highest BCUT2D eigenvalue weighted by molar-refractivity contribution is 5.93. The fourth-order valence-corrected chi connectivity index (χ4v) is 2.08. The van der Waals surface area contributed by atoms with Gasteiger partial charge in [-0.15, -0.1) is 0 Å². The van der Waals surface area contributed by atoms with E-state index in [-0.39, 0.29) is 18.0 Å². The third kappa shape index (κ3) is 5.58. The lowest BCUT2D eigenvalue weighted by molar-refractivity contribution is 0.0257. The number of carbonyl (C=O) groups excluding carboxylic acids is 2. The highest BCUT2D eigenvalue weighted by Gasteiger charge is 2.15. The summed E-state index contributed by atoms with van der Waals surface area (Å²) in [5.41, 5.74) is 0.896. The number of benzene rings is 1. The third-order valence-corrected chi connectivity index (χ3v) is 3.13. The molecule has 0 bridgehead atoms. The van der Waals surface area contributed by atoms with Crippen LogP contribution in [0.25, 0.3) is 0 Å². The van der Waals surface area contributed by atoms with Gasteiger partial charge in [0.1, 0.15) is 6.10 Å². The van der Waals surface area contributed by atoms with Crippen molar-refractivity contribution < 1.29 is 19.1 Å². The molecule has 0 aliphatic heterocycles. The molecule has 0 amide bonds. The monoisotopic (exact) mass is 292 g/mol. The molecule has 1 rings (SSSR count). The van der Waals surface area contributed by atoms with Gasteiger partial charge >= 0.3 is 11.9 Å². The minimum Gasteiger partial charge on any atom is -0.462 e. The van der Waals surface area contributed by atoms with Crippen molar-refractivity contribution in [3.63, 3.8) is 0 Å². The molecule has 0 fully saturated rings. The lowest BCUT2D eigenvalue weighted by Gasteiger charge is -2.16.